The Morgan fingerprint density at radius 2 is 2.20 bits per heavy atom. The maximum Gasteiger partial charge on any atom is 0.346 e. The highest BCUT2D eigenvalue weighted by Crippen LogP contribution is 2.32. The summed E-state index contributed by atoms with van der Waals surface area (Å²) in [6.07, 6.45) is 6.20. The zero-order valence-electron chi connectivity index (χ0n) is 10.0. The molecule has 1 aromatic heterocycles. The maximum absolute atomic E-state index is 11.9. The van der Waals surface area contributed by atoms with Gasteiger partial charge in [0.1, 0.15) is 6.04 Å². The van der Waals surface area contributed by atoms with Crippen molar-refractivity contribution >= 4 is 22.0 Å². The Kier molecular flexibility index (Phi) is 2.92. The average Bonchev–Trinajstić information content (AvgIpc) is 2.64. The van der Waals surface area contributed by atoms with Crippen LogP contribution in [0.5, 0.6) is 0 Å². The molecule has 1 aromatic rings. The van der Waals surface area contributed by atoms with Gasteiger partial charge in [-0.3, -0.25) is 9.97 Å². The Bertz CT molecular complexity index is 674. The predicted molar refractivity (Wildman–Crippen MR) is 63.4 cm³/mol. The van der Waals surface area contributed by atoms with Gasteiger partial charge in [0.2, 0.25) is 10.4 Å². The van der Waals surface area contributed by atoms with Crippen molar-refractivity contribution in [3.8, 4) is 0 Å². The quantitative estimate of drug-likeness (QED) is 0.538. The lowest BCUT2D eigenvalue weighted by Gasteiger charge is -2.24. The molecule has 0 aliphatic carbocycles. The van der Waals surface area contributed by atoms with E-state index in [1.54, 1.807) is 6.08 Å². The molecule has 0 radical (unpaired) electrons. The summed E-state index contributed by atoms with van der Waals surface area (Å²) in [4.78, 5) is 21.3. The second kappa shape index (κ2) is 4.51. The van der Waals surface area contributed by atoms with Crippen molar-refractivity contribution in [1.82, 2.24) is 19.9 Å². The van der Waals surface area contributed by atoms with Crippen LogP contribution in [0.3, 0.4) is 0 Å². The number of carbonyl (C=O) groups is 1. The smallest absolute Gasteiger partial charge is 0.346 e. The molecule has 0 saturated carbocycles. The second-order valence-corrected chi connectivity index (χ2v) is 5.23. The number of hydroxylamine groups is 2. The topological polar surface area (TPSA) is 116 Å². The van der Waals surface area contributed by atoms with Gasteiger partial charge in [-0.25, -0.2) is 13.2 Å². The molecule has 2 amide bonds. The number of carbonyl (C=O) groups excluding carboxylic acids is 1. The normalized spacial score (nSPS) is 22.1. The van der Waals surface area contributed by atoms with E-state index in [2.05, 4.69) is 14.3 Å². The van der Waals surface area contributed by atoms with E-state index in [-0.39, 0.29) is 6.54 Å². The number of hydrogen-bond donors (Lipinski definition) is 0. The van der Waals surface area contributed by atoms with Crippen LogP contribution >= 0.6 is 0 Å². The Labute approximate surface area is 114 Å². The van der Waals surface area contributed by atoms with E-state index in [4.69, 9.17) is 0 Å². The van der Waals surface area contributed by atoms with Gasteiger partial charge in [0.25, 0.3) is 0 Å². The first-order valence-electron chi connectivity index (χ1n) is 5.66. The third-order valence-electron chi connectivity index (χ3n) is 3.06. The molecular weight excluding hydrogens is 288 g/mol. The third-order valence-corrected chi connectivity index (χ3v) is 3.40. The molecule has 10 heteroatoms. The summed E-state index contributed by atoms with van der Waals surface area (Å²) in [6, 6.07) is -1.36. The van der Waals surface area contributed by atoms with E-state index in [9.17, 15) is 17.8 Å². The van der Waals surface area contributed by atoms with Crippen LogP contribution in [-0.4, -0.2) is 58.1 Å². The van der Waals surface area contributed by atoms with Crippen LogP contribution in [0.15, 0.2) is 24.7 Å². The summed E-state index contributed by atoms with van der Waals surface area (Å²) in [7, 11) is -5.02. The van der Waals surface area contributed by atoms with Crippen molar-refractivity contribution in [2.75, 3.05) is 13.1 Å². The Hall–Kier alpha value is -2.04. The van der Waals surface area contributed by atoms with E-state index in [1.165, 1.54) is 23.5 Å². The lowest BCUT2D eigenvalue weighted by Crippen LogP contribution is -2.36. The van der Waals surface area contributed by atoms with Gasteiger partial charge in [0, 0.05) is 24.5 Å². The first-order chi connectivity index (χ1) is 9.46. The molecule has 2 bridgehead atoms. The first-order valence-corrected chi connectivity index (χ1v) is 6.99. The maximum atomic E-state index is 11.9. The van der Waals surface area contributed by atoms with Crippen LogP contribution in [0.25, 0.3) is 5.57 Å². The molecule has 1 unspecified atom stereocenters. The van der Waals surface area contributed by atoms with Gasteiger partial charge >= 0.3 is 6.03 Å². The van der Waals surface area contributed by atoms with Gasteiger partial charge in [-0.1, -0.05) is 6.08 Å². The minimum atomic E-state index is -5.02. The number of urea groups is 1. The lowest BCUT2D eigenvalue weighted by atomic mass is 10.0. The summed E-state index contributed by atoms with van der Waals surface area (Å²) >= 11 is 0. The second-order valence-electron chi connectivity index (χ2n) is 4.26. The molecule has 20 heavy (non-hydrogen) atoms. The van der Waals surface area contributed by atoms with E-state index in [1.807, 2.05) is 0 Å². The number of hydrogen-bond acceptors (Lipinski definition) is 7. The number of nitrogens with zero attached hydrogens (tertiary/aromatic N) is 4. The fraction of sp³-hybridized carbons (Fsp3) is 0.300. The summed E-state index contributed by atoms with van der Waals surface area (Å²) in [5, 5.41) is 0.579. The fourth-order valence-electron chi connectivity index (χ4n) is 2.26. The zero-order chi connectivity index (χ0) is 14.3. The SMILES string of the molecule is O=C1N2CC=C(c3cnccn3)C(C2)N1OS(=O)(=O)[O-]. The van der Waals surface area contributed by atoms with Gasteiger partial charge in [-0.15, -0.1) is 0 Å². The average molecular weight is 297 g/mol. The highest BCUT2D eigenvalue weighted by Gasteiger charge is 2.44. The van der Waals surface area contributed by atoms with Gasteiger partial charge in [-0.05, 0) is 0 Å². The largest absolute Gasteiger partial charge is 0.724 e. The fourth-order valence-corrected chi connectivity index (χ4v) is 2.63. The summed E-state index contributed by atoms with van der Waals surface area (Å²) in [5.41, 5.74) is 1.10. The van der Waals surface area contributed by atoms with Crippen molar-refractivity contribution in [2.45, 2.75) is 6.04 Å². The summed E-state index contributed by atoms with van der Waals surface area (Å²) < 4.78 is 36.4. The molecule has 9 nitrogen and oxygen atoms in total. The molecule has 2 aliphatic heterocycles. The van der Waals surface area contributed by atoms with Crippen LogP contribution in [-0.2, 0) is 14.7 Å². The number of aromatic nitrogens is 2. The van der Waals surface area contributed by atoms with Crippen LogP contribution in [0.1, 0.15) is 5.69 Å². The Balaban J connectivity index is 1.96. The van der Waals surface area contributed by atoms with Crippen LogP contribution in [0, 0.1) is 0 Å². The highest BCUT2D eigenvalue weighted by atomic mass is 32.3. The van der Waals surface area contributed by atoms with Crippen molar-refractivity contribution < 1.29 is 22.0 Å². The van der Waals surface area contributed by atoms with Crippen LogP contribution in [0.2, 0.25) is 0 Å². The van der Waals surface area contributed by atoms with Crippen molar-refractivity contribution in [3.05, 3.63) is 30.4 Å². The number of fused-ring (bicyclic) bond motifs is 2. The number of rotatable bonds is 3. The Morgan fingerprint density at radius 1 is 1.40 bits per heavy atom. The first kappa shape index (κ1) is 13.0. The van der Waals surface area contributed by atoms with Crippen molar-refractivity contribution in [2.24, 2.45) is 0 Å². The Morgan fingerprint density at radius 3 is 2.85 bits per heavy atom. The van der Waals surface area contributed by atoms with E-state index < -0.39 is 22.5 Å². The zero-order valence-corrected chi connectivity index (χ0v) is 10.9. The molecule has 0 spiro atoms. The van der Waals surface area contributed by atoms with Gasteiger partial charge < -0.3 is 9.45 Å². The van der Waals surface area contributed by atoms with Crippen LogP contribution < -0.4 is 0 Å². The minimum absolute atomic E-state index is 0.233. The molecule has 3 rings (SSSR count). The van der Waals surface area contributed by atoms with Gasteiger partial charge in [0.15, 0.2) is 0 Å². The molecule has 0 aromatic carbocycles. The van der Waals surface area contributed by atoms with Crippen molar-refractivity contribution in [1.29, 1.82) is 0 Å². The monoisotopic (exact) mass is 297 g/mol. The van der Waals surface area contributed by atoms with E-state index >= 15 is 0 Å². The molecule has 1 saturated heterocycles. The standard InChI is InChI=1S/C10H10N4O5S/c15-10-13-4-1-7(8-5-11-2-3-12-8)9(6-13)14(10)19-20(16,17)18/h1-3,5,9H,4,6H2,(H,16,17,18)/p-1. The predicted octanol–water partition coefficient (Wildman–Crippen LogP) is -0.628. The molecule has 106 valence electrons. The van der Waals surface area contributed by atoms with Gasteiger partial charge in [0.05, 0.1) is 18.4 Å². The number of amides is 2. The minimum Gasteiger partial charge on any atom is -0.724 e. The van der Waals surface area contributed by atoms with Crippen LogP contribution in [0.4, 0.5) is 4.79 Å². The van der Waals surface area contributed by atoms with Crippen molar-refractivity contribution in [3.63, 3.8) is 0 Å². The molecule has 2 aliphatic rings. The third kappa shape index (κ3) is 2.24. The summed E-state index contributed by atoms with van der Waals surface area (Å²) in [5.74, 6) is 0. The molecular formula is C10H9N4O5S-. The van der Waals surface area contributed by atoms with E-state index in [0.29, 0.717) is 22.9 Å². The molecule has 1 fully saturated rings. The highest BCUT2D eigenvalue weighted by molar-refractivity contribution is 7.80. The summed E-state index contributed by atoms with van der Waals surface area (Å²) in [6.45, 7) is 0.525. The lowest BCUT2D eigenvalue weighted by molar-refractivity contribution is -0.0172. The molecule has 3 heterocycles. The van der Waals surface area contributed by atoms with E-state index in [0.717, 1.165) is 0 Å². The molecule has 0 N–H and O–H groups in total. The molecule has 1 atom stereocenters. The van der Waals surface area contributed by atoms with Gasteiger partial charge in [-0.2, -0.15) is 9.35 Å².